The number of halogens is 1. The van der Waals surface area contributed by atoms with Gasteiger partial charge < -0.3 is 15.5 Å². The van der Waals surface area contributed by atoms with Crippen molar-refractivity contribution >= 4 is 38.8 Å². The Bertz CT molecular complexity index is 478. The summed E-state index contributed by atoms with van der Waals surface area (Å²) in [5, 5.41) is 0. The average Bonchev–Trinajstić information content (AvgIpc) is 2.73. The zero-order valence-electron chi connectivity index (χ0n) is 11.4. The van der Waals surface area contributed by atoms with Crippen molar-refractivity contribution in [3.05, 3.63) is 28.2 Å². The molecule has 1 aromatic carbocycles. The van der Waals surface area contributed by atoms with Crippen LogP contribution in [0.1, 0.15) is 12.0 Å². The molecule has 1 heterocycles. The highest BCUT2D eigenvalue weighted by molar-refractivity contribution is 9.10. The lowest BCUT2D eigenvalue weighted by atomic mass is 10.1. The number of hydrogen-bond acceptors (Lipinski definition) is 3. The van der Waals surface area contributed by atoms with Crippen molar-refractivity contribution in [2.45, 2.75) is 6.42 Å². The number of anilines is 1. The predicted molar refractivity (Wildman–Crippen MR) is 88.9 cm³/mol. The fourth-order valence-corrected chi connectivity index (χ4v) is 3.65. The van der Waals surface area contributed by atoms with Gasteiger partial charge in [0.2, 0.25) is 0 Å². The molecule has 1 aliphatic rings. The zero-order valence-corrected chi connectivity index (χ0v) is 13.8. The van der Waals surface area contributed by atoms with E-state index in [2.05, 4.69) is 45.9 Å². The molecule has 3 nitrogen and oxygen atoms in total. The van der Waals surface area contributed by atoms with E-state index >= 15 is 0 Å². The monoisotopic (exact) mass is 341 g/mol. The van der Waals surface area contributed by atoms with Gasteiger partial charge in [-0.3, -0.25) is 0 Å². The summed E-state index contributed by atoms with van der Waals surface area (Å²) >= 11 is 8.71. The second-order valence-corrected chi connectivity index (χ2v) is 6.59. The molecule has 1 unspecified atom stereocenters. The van der Waals surface area contributed by atoms with Gasteiger partial charge in [-0.05, 0) is 54.0 Å². The van der Waals surface area contributed by atoms with Crippen molar-refractivity contribution in [2.24, 2.45) is 11.7 Å². The molecule has 19 heavy (non-hydrogen) atoms. The van der Waals surface area contributed by atoms with E-state index in [9.17, 15) is 0 Å². The Morgan fingerprint density at radius 2 is 2.32 bits per heavy atom. The average molecular weight is 342 g/mol. The van der Waals surface area contributed by atoms with E-state index in [-0.39, 0.29) is 0 Å². The van der Waals surface area contributed by atoms with E-state index in [1.165, 1.54) is 19.5 Å². The van der Waals surface area contributed by atoms with Crippen LogP contribution in [-0.4, -0.2) is 43.6 Å². The van der Waals surface area contributed by atoms with Crippen LogP contribution in [0.3, 0.4) is 0 Å². The molecule has 104 valence electrons. The third-order valence-electron chi connectivity index (χ3n) is 3.67. The Hall–Kier alpha value is -0.650. The van der Waals surface area contributed by atoms with Crippen molar-refractivity contribution in [2.75, 3.05) is 38.6 Å². The molecule has 2 N–H and O–H groups in total. The van der Waals surface area contributed by atoms with Gasteiger partial charge in [-0.1, -0.05) is 18.3 Å². The number of thiocarbonyl (C=S) groups is 1. The van der Waals surface area contributed by atoms with Crippen LogP contribution in [0.4, 0.5) is 5.69 Å². The third-order valence-corrected chi connectivity index (χ3v) is 4.54. The number of rotatable bonds is 4. The van der Waals surface area contributed by atoms with E-state index in [4.69, 9.17) is 18.0 Å². The number of benzene rings is 1. The molecule has 1 fully saturated rings. The van der Waals surface area contributed by atoms with Gasteiger partial charge in [-0.2, -0.15) is 0 Å². The molecule has 0 bridgehead atoms. The normalized spacial score (nSPS) is 19.6. The molecule has 1 saturated heterocycles. The van der Waals surface area contributed by atoms with E-state index in [0.29, 0.717) is 10.9 Å². The molecular formula is C14H20BrN3S. The molecule has 1 aliphatic heterocycles. The van der Waals surface area contributed by atoms with Crippen molar-refractivity contribution in [1.82, 2.24) is 4.90 Å². The summed E-state index contributed by atoms with van der Waals surface area (Å²) < 4.78 is 0.966. The van der Waals surface area contributed by atoms with Crippen molar-refractivity contribution < 1.29 is 0 Å². The highest BCUT2D eigenvalue weighted by Gasteiger charge is 2.22. The Kier molecular flexibility index (Phi) is 4.81. The van der Waals surface area contributed by atoms with E-state index < -0.39 is 0 Å². The lowest BCUT2D eigenvalue weighted by Gasteiger charge is -2.25. The first-order valence-corrected chi connectivity index (χ1v) is 7.67. The van der Waals surface area contributed by atoms with Gasteiger partial charge in [0.25, 0.3) is 0 Å². The molecule has 0 spiro atoms. The fraction of sp³-hybridized carbons (Fsp3) is 0.500. The number of hydrogen-bond donors (Lipinski definition) is 1. The van der Waals surface area contributed by atoms with Crippen LogP contribution in [0.5, 0.6) is 0 Å². The molecule has 0 radical (unpaired) electrons. The van der Waals surface area contributed by atoms with Crippen LogP contribution in [0, 0.1) is 5.92 Å². The molecule has 0 amide bonds. The van der Waals surface area contributed by atoms with E-state index in [1.807, 2.05) is 12.1 Å². The van der Waals surface area contributed by atoms with Crippen molar-refractivity contribution in [3.63, 3.8) is 0 Å². The first-order valence-electron chi connectivity index (χ1n) is 6.47. The van der Waals surface area contributed by atoms with Crippen molar-refractivity contribution in [3.8, 4) is 0 Å². The summed E-state index contributed by atoms with van der Waals surface area (Å²) in [4.78, 5) is 5.09. The molecule has 2 rings (SSSR count). The molecule has 5 heteroatoms. The van der Waals surface area contributed by atoms with Gasteiger partial charge in [-0.15, -0.1) is 0 Å². The van der Waals surface area contributed by atoms with Crippen LogP contribution >= 0.6 is 28.1 Å². The molecule has 0 aromatic heterocycles. The van der Waals surface area contributed by atoms with Gasteiger partial charge in [0.05, 0.1) is 0 Å². The molecule has 0 aliphatic carbocycles. The highest BCUT2D eigenvalue weighted by Crippen LogP contribution is 2.28. The Balaban J connectivity index is 2.17. The maximum atomic E-state index is 5.85. The van der Waals surface area contributed by atoms with Gasteiger partial charge in [0.1, 0.15) is 4.99 Å². The smallest absolute Gasteiger partial charge is 0.107 e. The topological polar surface area (TPSA) is 32.5 Å². The summed E-state index contributed by atoms with van der Waals surface area (Å²) in [5.74, 6) is 0.716. The predicted octanol–water partition coefficient (Wildman–Crippen LogP) is 2.47. The van der Waals surface area contributed by atoms with Crippen LogP contribution in [0.2, 0.25) is 0 Å². The van der Waals surface area contributed by atoms with Crippen molar-refractivity contribution in [1.29, 1.82) is 0 Å². The molecule has 0 saturated carbocycles. The second kappa shape index (κ2) is 6.20. The summed E-state index contributed by atoms with van der Waals surface area (Å²) in [7, 11) is 4.29. The summed E-state index contributed by atoms with van der Waals surface area (Å²) in [6.07, 6.45) is 1.26. The van der Waals surface area contributed by atoms with Gasteiger partial charge >= 0.3 is 0 Å². The molecular weight excluding hydrogens is 322 g/mol. The minimum absolute atomic E-state index is 0.442. The lowest BCUT2D eigenvalue weighted by molar-refractivity contribution is 0.396. The van der Waals surface area contributed by atoms with Crippen LogP contribution in [-0.2, 0) is 0 Å². The number of likely N-dealkylation sites (tertiary alicyclic amines) is 1. The Morgan fingerprint density at radius 3 is 2.89 bits per heavy atom. The maximum Gasteiger partial charge on any atom is 0.107 e. The zero-order chi connectivity index (χ0) is 14.0. The first-order chi connectivity index (χ1) is 8.99. The quantitative estimate of drug-likeness (QED) is 0.852. The second-order valence-electron chi connectivity index (χ2n) is 5.30. The maximum absolute atomic E-state index is 5.85. The number of nitrogens with zero attached hydrogens (tertiary/aromatic N) is 2. The highest BCUT2D eigenvalue weighted by atomic mass is 79.9. The standard InChI is InChI=1S/C14H20BrN3S/c1-17-7-6-10(8-17)9-18(2)12-5-3-4-11(15)13(12)14(16)19/h3-5,10H,6-9H2,1-2H3,(H2,16,19). The minimum atomic E-state index is 0.442. The minimum Gasteiger partial charge on any atom is -0.389 e. The fourth-order valence-electron chi connectivity index (χ4n) is 2.74. The number of nitrogens with two attached hydrogens (primary N) is 1. The van der Waals surface area contributed by atoms with Gasteiger partial charge in [-0.25, -0.2) is 0 Å². The third kappa shape index (κ3) is 3.46. The van der Waals surface area contributed by atoms with E-state index in [1.54, 1.807) is 0 Å². The largest absolute Gasteiger partial charge is 0.389 e. The Labute approximate surface area is 128 Å². The summed E-state index contributed by atoms with van der Waals surface area (Å²) in [6, 6.07) is 6.09. The first kappa shape index (κ1) is 14.8. The van der Waals surface area contributed by atoms with Crippen LogP contribution < -0.4 is 10.6 Å². The summed E-state index contributed by atoms with van der Waals surface area (Å²) in [5.41, 5.74) is 7.89. The SMILES string of the molecule is CN1CCC(CN(C)c2cccc(Br)c2C(N)=S)C1. The summed E-state index contributed by atoms with van der Waals surface area (Å²) in [6.45, 7) is 3.40. The van der Waals surface area contributed by atoms with E-state index in [0.717, 1.165) is 22.3 Å². The molecule has 1 atom stereocenters. The van der Waals surface area contributed by atoms with Crippen LogP contribution in [0.15, 0.2) is 22.7 Å². The lowest BCUT2D eigenvalue weighted by Crippen LogP contribution is -2.29. The van der Waals surface area contributed by atoms with Crippen LogP contribution in [0.25, 0.3) is 0 Å². The Morgan fingerprint density at radius 1 is 1.58 bits per heavy atom. The van der Waals surface area contributed by atoms with Gasteiger partial charge in [0.15, 0.2) is 0 Å². The molecule has 1 aromatic rings. The van der Waals surface area contributed by atoms with Gasteiger partial charge in [0, 0.05) is 35.9 Å².